The maximum atomic E-state index is 5.54. The van der Waals surface area contributed by atoms with E-state index in [1.54, 1.807) is 0 Å². The first-order valence-electron chi connectivity index (χ1n) is 5.00. The van der Waals surface area contributed by atoms with Crippen molar-refractivity contribution in [3.63, 3.8) is 0 Å². The lowest BCUT2D eigenvalue weighted by Crippen LogP contribution is -2.13. The molecule has 1 heterocycles. The number of thioether (sulfide) groups is 1. The molecule has 0 radical (unpaired) electrons. The van der Waals surface area contributed by atoms with Gasteiger partial charge in [-0.05, 0) is 42.5 Å². The standard InChI is InChI=1S/C11H18N2S/c1-10(8-12)9-14-7-5-11-4-2-3-6-13-11/h2-4,6,10H,5,7-9,12H2,1H3. The van der Waals surface area contributed by atoms with Crippen LogP contribution in [0.4, 0.5) is 0 Å². The summed E-state index contributed by atoms with van der Waals surface area (Å²) in [5, 5.41) is 0. The van der Waals surface area contributed by atoms with Crippen LogP contribution < -0.4 is 5.73 Å². The number of hydrogen-bond donors (Lipinski definition) is 1. The van der Waals surface area contributed by atoms with Gasteiger partial charge in [0.15, 0.2) is 0 Å². The molecule has 0 fully saturated rings. The first-order chi connectivity index (χ1) is 6.83. The van der Waals surface area contributed by atoms with Gasteiger partial charge in [0.25, 0.3) is 0 Å². The molecule has 2 nitrogen and oxygen atoms in total. The third kappa shape index (κ3) is 4.63. The summed E-state index contributed by atoms with van der Waals surface area (Å²) in [6.07, 6.45) is 2.91. The Morgan fingerprint density at radius 3 is 3.00 bits per heavy atom. The van der Waals surface area contributed by atoms with Gasteiger partial charge in [0.1, 0.15) is 0 Å². The molecule has 1 aromatic heterocycles. The van der Waals surface area contributed by atoms with E-state index < -0.39 is 0 Å². The van der Waals surface area contributed by atoms with Crippen molar-refractivity contribution in [2.45, 2.75) is 13.3 Å². The molecule has 78 valence electrons. The summed E-state index contributed by atoms with van der Waals surface area (Å²) in [5.74, 6) is 2.92. The summed E-state index contributed by atoms with van der Waals surface area (Å²) in [7, 11) is 0. The fourth-order valence-corrected chi connectivity index (χ4v) is 2.13. The smallest absolute Gasteiger partial charge is 0.0411 e. The average molecular weight is 210 g/mol. The number of pyridine rings is 1. The molecule has 2 N–H and O–H groups in total. The van der Waals surface area contributed by atoms with E-state index in [1.165, 1.54) is 5.69 Å². The van der Waals surface area contributed by atoms with E-state index in [4.69, 9.17) is 5.73 Å². The van der Waals surface area contributed by atoms with Crippen LogP contribution in [0.1, 0.15) is 12.6 Å². The van der Waals surface area contributed by atoms with E-state index in [9.17, 15) is 0 Å². The molecule has 0 saturated heterocycles. The molecule has 0 spiro atoms. The third-order valence-corrected chi connectivity index (χ3v) is 3.33. The zero-order chi connectivity index (χ0) is 10.2. The Hall–Kier alpha value is -0.540. The molecule has 0 aliphatic heterocycles. The highest BCUT2D eigenvalue weighted by atomic mass is 32.2. The van der Waals surface area contributed by atoms with Crippen molar-refractivity contribution in [1.82, 2.24) is 4.98 Å². The molecule has 0 bridgehead atoms. The summed E-state index contributed by atoms with van der Waals surface area (Å²) < 4.78 is 0. The van der Waals surface area contributed by atoms with Crippen molar-refractivity contribution >= 4 is 11.8 Å². The molecule has 0 aromatic carbocycles. The number of aryl methyl sites for hydroxylation is 1. The van der Waals surface area contributed by atoms with Gasteiger partial charge in [-0.1, -0.05) is 13.0 Å². The molecule has 14 heavy (non-hydrogen) atoms. The SMILES string of the molecule is CC(CN)CSCCc1ccccn1. The van der Waals surface area contributed by atoms with Crippen molar-refractivity contribution in [3.05, 3.63) is 30.1 Å². The van der Waals surface area contributed by atoms with Crippen LogP contribution in [0.3, 0.4) is 0 Å². The predicted octanol–water partition coefficient (Wildman–Crippen LogP) is 1.95. The summed E-state index contributed by atoms with van der Waals surface area (Å²) >= 11 is 1.96. The number of nitrogens with two attached hydrogens (primary N) is 1. The quantitative estimate of drug-likeness (QED) is 0.729. The molecule has 1 atom stereocenters. The zero-order valence-electron chi connectivity index (χ0n) is 8.65. The zero-order valence-corrected chi connectivity index (χ0v) is 9.46. The second kappa shape index (κ2) is 6.85. The highest BCUT2D eigenvalue weighted by molar-refractivity contribution is 7.99. The van der Waals surface area contributed by atoms with Gasteiger partial charge >= 0.3 is 0 Å². The van der Waals surface area contributed by atoms with Gasteiger partial charge in [-0.3, -0.25) is 4.98 Å². The number of rotatable bonds is 6. The van der Waals surface area contributed by atoms with Crippen LogP contribution in [0.15, 0.2) is 24.4 Å². The molecule has 1 unspecified atom stereocenters. The first-order valence-corrected chi connectivity index (χ1v) is 6.16. The van der Waals surface area contributed by atoms with Crippen molar-refractivity contribution in [2.24, 2.45) is 11.7 Å². The van der Waals surface area contributed by atoms with Gasteiger partial charge in [-0.15, -0.1) is 0 Å². The van der Waals surface area contributed by atoms with Gasteiger partial charge in [0.2, 0.25) is 0 Å². The molecule has 0 aliphatic rings. The monoisotopic (exact) mass is 210 g/mol. The molecular formula is C11H18N2S. The van der Waals surface area contributed by atoms with Crippen molar-refractivity contribution < 1.29 is 0 Å². The van der Waals surface area contributed by atoms with Gasteiger partial charge in [0, 0.05) is 11.9 Å². The second-order valence-corrected chi connectivity index (χ2v) is 4.64. The Kier molecular flexibility index (Phi) is 5.64. The summed E-state index contributed by atoms with van der Waals surface area (Å²) in [6.45, 7) is 2.98. The highest BCUT2D eigenvalue weighted by Gasteiger charge is 1.99. The Balaban J connectivity index is 2.10. The van der Waals surface area contributed by atoms with E-state index in [-0.39, 0.29) is 0 Å². The topological polar surface area (TPSA) is 38.9 Å². The van der Waals surface area contributed by atoms with Crippen LogP contribution in [0.25, 0.3) is 0 Å². The van der Waals surface area contributed by atoms with E-state index in [2.05, 4.69) is 18.0 Å². The van der Waals surface area contributed by atoms with E-state index in [0.29, 0.717) is 5.92 Å². The number of hydrogen-bond acceptors (Lipinski definition) is 3. The minimum absolute atomic E-state index is 0.628. The lowest BCUT2D eigenvalue weighted by atomic mass is 10.2. The van der Waals surface area contributed by atoms with Crippen LogP contribution in [0.2, 0.25) is 0 Å². The maximum Gasteiger partial charge on any atom is 0.0411 e. The predicted molar refractivity (Wildman–Crippen MR) is 63.5 cm³/mol. The average Bonchev–Trinajstić information content (AvgIpc) is 2.25. The van der Waals surface area contributed by atoms with Crippen molar-refractivity contribution in [1.29, 1.82) is 0 Å². The minimum Gasteiger partial charge on any atom is -0.330 e. The van der Waals surface area contributed by atoms with Crippen LogP contribution in [0.5, 0.6) is 0 Å². The van der Waals surface area contributed by atoms with Gasteiger partial charge in [-0.2, -0.15) is 11.8 Å². The van der Waals surface area contributed by atoms with Crippen molar-refractivity contribution in [3.8, 4) is 0 Å². The van der Waals surface area contributed by atoms with Crippen LogP contribution >= 0.6 is 11.8 Å². The number of aromatic nitrogens is 1. The normalized spacial score (nSPS) is 12.7. The summed E-state index contributed by atoms with van der Waals surface area (Å²) in [4.78, 5) is 4.28. The molecule has 0 saturated carbocycles. The fraction of sp³-hybridized carbons (Fsp3) is 0.545. The Morgan fingerprint density at radius 1 is 1.50 bits per heavy atom. The second-order valence-electron chi connectivity index (χ2n) is 3.49. The van der Waals surface area contributed by atoms with Gasteiger partial charge < -0.3 is 5.73 Å². The molecule has 3 heteroatoms. The first kappa shape index (κ1) is 11.5. The number of nitrogens with zero attached hydrogens (tertiary/aromatic N) is 1. The maximum absolute atomic E-state index is 5.54. The molecule has 1 aromatic rings. The fourth-order valence-electron chi connectivity index (χ4n) is 1.08. The Morgan fingerprint density at radius 2 is 2.36 bits per heavy atom. The molecule has 0 amide bonds. The van der Waals surface area contributed by atoms with Crippen LogP contribution in [-0.2, 0) is 6.42 Å². The van der Waals surface area contributed by atoms with Gasteiger partial charge in [0.05, 0.1) is 0 Å². The van der Waals surface area contributed by atoms with E-state index in [1.807, 2.05) is 30.1 Å². The molecule has 1 rings (SSSR count). The lowest BCUT2D eigenvalue weighted by molar-refractivity contribution is 0.675. The van der Waals surface area contributed by atoms with E-state index >= 15 is 0 Å². The minimum atomic E-state index is 0.628. The lowest BCUT2D eigenvalue weighted by Gasteiger charge is -2.06. The summed E-state index contributed by atoms with van der Waals surface area (Å²) in [5.41, 5.74) is 6.72. The largest absolute Gasteiger partial charge is 0.330 e. The van der Waals surface area contributed by atoms with Crippen molar-refractivity contribution in [2.75, 3.05) is 18.1 Å². The van der Waals surface area contributed by atoms with Crippen LogP contribution in [-0.4, -0.2) is 23.0 Å². The third-order valence-electron chi connectivity index (χ3n) is 2.03. The highest BCUT2D eigenvalue weighted by Crippen LogP contribution is 2.09. The van der Waals surface area contributed by atoms with E-state index in [0.717, 1.165) is 24.5 Å². The molecule has 0 aliphatic carbocycles. The Bertz CT molecular complexity index is 238. The van der Waals surface area contributed by atoms with Crippen LogP contribution in [0, 0.1) is 5.92 Å². The summed E-state index contributed by atoms with van der Waals surface area (Å²) in [6, 6.07) is 6.07. The Labute approximate surface area is 90.3 Å². The molecular weight excluding hydrogens is 192 g/mol. The van der Waals surface area contributed by atoms with Gasteiger partial charge in [-0.25, -0.2) is 0 Å².